The van der Waals surface area contributed by atoms with Gasteiger partial charge in [0.2, 0.25) is 11.0 Å². The largest absolute Gasteiger partial charge is 0.300 e. The van der Waals surface area contributed by atoms with Crippen molar-refractivity contribution in [3.05, 3.63) is 95.4 Å². The van der Waals surface area contributed by atoms with Gasteiger partial charge in [-0.2, -0.15) is 10.2 Å². The van der Waals surface area contributed by atoms with Gasteiger partial charge in [-0.1, -0.05) is 61.6 Å². The standard InChI is InChI=1S/C26H22FN7OS/c1-26(2,24(35)31-25-33-29-15-36-25)23(16-6-4-3-5-7-16)17-8-10-21-18(12-17)14-30-34(21)22-11-9-19(27)13-20(22)32-28/h3-15,23,28H,1-2H3,(H,31,33,35). The van der Waals surface area contributed by atoms with E-state index in [4.69, 9.17) is 5.53 Å². The topological polar surface area (TPSA) is 109 Å². The van der Waals surface area contributed by atoms with E-state index in [1.807, 2.05) is 62.4 Å². The highest BCUT2D eigenvalue weighted by Gasteiger charge is 2.39. The number of nitrogens with zero attached hydrogens (tertiary/aromatic N) is 5. The third kappa shape index (κ3) is 4.27. The van der Waals surface area contributed by atoms with E-state index in [2.05, 4.69) is 25.7 Å². The van der Waals surface area contributed by atoms with Crippen molar-refractivity contribution in [2.45, 2.75) is 19.8 Å². The van der Waals surface area contributed by atoms with Crippen molar-refractivity contribution < 1.29 is 9.18 Å². The molecule has 0 saturated carbocycles. The lowest BCUT2D eigenvalue weighted by Gasteiger charge is -2.33. The van der Waals surface area contributed by atoms with E-state index in [-0.39, 0.29) is 17.5 Å². The smallest absolute Gasteiger partial charge is 0.232 e. The van der Waals surface area contributed by atoms with E-state index in [1.54, 1.807) is 22.5 Å². The fraction of sp³-hybridized carbons (Fsp3) is 0.154. The van der Waals surface area contributed by atoms with Crippen LogP contribution in [-0.4, -0.2) is 25.9 Å². The normalized spacial score (nSPS) is 12.4. The lowest BCUT2D eigenvalue weighted by molar-refractivity contribution is -0.124. The summed E-state index contributed by atoms with van der Waals surface area (Å²) in [5.74, 6) is -0.913. The third-order valence-electron chi connectivity index (χ3n) is 6.23. The number of nitrogens with one attached hydrogen (secondary N) is 2. The molecule has 8 nitrogen and oxygen atoms in total. The number of carbonyl (C=O) groups is 1. The molecule has 10 heteroatoms. The molecule has 1 amide bonds. The van der Waals surface area contributed by atoms with Crippen LogP contribution in [0.3, 0.4) is 0 Å². The average molecular weight is 500 g/mol. The van der Waals surface area contributed by atoms with Crippen LogP contribution in [0.4, 0.5) is 15.2 Å². The first-order valence-corrected chi connectivity index (χ1v) is 12.0. The minimum Gasteiger partial charge on any atom is -0.300 e. The Labute approximate surface area is 210 Å². The maximum atomic E-state index is 13.7. The van der Waals surface area contributed by atoms with E-state index < -0.39 is 11.2 Å². The highest BCUT2D eigenvalue weighted by molar-refractivity contribution is 7.13. The lowest BCUT2D eigenvalue weighted by atomic mass is 9.70. The van der Waals surface area contributed by atoms with Gasteiger partial charge in [0.1, 0.15) is 17.0 Å². The van der Waals surface area contributed by atoms with Gasteiger partial charge >= 0.3 is 0 Å². The molecule has 0 radical (unpaired) electrons. The van der Waals surface area contributed by atoms with Crippen molar-refractivity contribution in [2.24, 2.45) is 10.5 Å². The maximum absolute atomic E-state index is 13.7. The Morgan fingerprint density at radius 3 is 2.64 bits per heavy atom. The molecule has 0 fully saturated rings. The van der Waals surface area contributed by atoms with Crippen LogP contribution in [0.25, 0.3) is 16.6 Å². The average Bonchev–Trinajstić information content (AvgIpc) is 3.54. The van der Waals surface area contributed by atoms with Gasteiger partial charge in [0, 0.05) is 17.4 Å². The molecule has 2 N–H and O–H groups in total. The zero-order valence-corrected chi connectivity index (χ0v) is 20.3. The molecular formula is C26H22FN7OS. The third-order valence-corrected chi connectivity index (χ3v) is 6.84. The number of carbonyl (C=O) groups excluding carboxylic acids is 1. The highest BCUT2D eigenvalue weighted by Crippen LogP contribution is 2.43. The highest BCUT2D eigenvalue weighted by atomic mass is 32.1. The summed E-state index contributed by atoms with van der Waals surface area (Å²) in [4.78, 5) is 13.4. The molecule has 36 heavy (non-hydrogen) atoms. The molecule has 5 rings (SSSR count). The van der Waals surface area contributed by atoms with E-state index in [0.717, 1.165) is 22.0 Å². The second-order valence-corrected chi connectivity index (χ2v) is 9.72. The van der Waals surface area contributed by atoms with Crippen LogP contribution in [0.5, 0.6) is 0 Å². The zero-order chi connectivity index (χ0) is 25.3. The first kappa shape index (κ1) is 23.4. The van der Waals surface area contributed by atoms with Gasteiger partial charge in [-0.15, -0.1) is 10.2 Å². The number of rotatable bonds is 7. The number of amides is 1. The molecule has 1 atom stereocenters. The van der Waals surface area contributed by atoms with Crippen LogP contribution in [0, 0.1) is 16.8 Å². The number of benzene rings is 3. The van der Waals surface area contributed by atoms with Gasteiger partial charge in [0.25, 0.3) is 0 Å². The summed E-state index contributed by atoms with van der Waals surface area (Å²) in [5, 5.41) is 19.9. The molecule has 0 aliphatic carbocycles. The van der Waals surface area contributed by atoms with Crippen LogP contribution < -0.4 is 5.32 Å². The summed E-state index contributed by atoms with van der Waals surface area (Å²) in [6, 6.07) is 19.9. The molecule has 2 aromatic heterocycles. The summed E-state index contributed by atoms with van der Waals surface area (Å²) >= 11 is 1.27. The minimum absolute atomic E-state index is 0.170. The number of halogens is 1. The Balaban J connectivity index is 1.59. The second kappa shape index (κ2) is 9.38. The van der Waals surface area contributed by atoms with Gasteiger partial charge in [-0.05, 0) is 35.4 Å². The number of fused-ring (bicyclic) bond motifs is 1. The maximum Gasteiger partial charge on any atom is 0.232 e. The lowest BCUT2D eigenvalue weighted by Crippen LogP contribution is -2.37. The Morgan fingerprint density at radius 2 is 1.92 bits per heavy atom. The first-order valence-electron chi connectivity index (χ1n) is 11.2. The molecule has 180 valence electrons. The van der Waals surface area contributed by atoms with Gasteiger partial charge in [0.05, 0.1) is 22.8 Å². The van der Waals surface area contributed by atoms with Crippen molar-refractivity contribution in [3.8, 4) is 5.69 Å². The predicted molar refractivity (Wildman–Crippen MR) is 136 cm³/mol. The Kier molecular flexibility index (Phi) is 6.11. The Bertz CT molecular complexity index is 1550. The number of anilines is 1. The molecule has 0 bridgehead atoms. The molecule has 5 aromatic rings. The van der Waals surface area contributed by atoms with Gasteiger partial charge < -0.3 is 5.32 Å². The number of aromatic nitrogens is 4. The van der Waals surface area contributed by atoms with Crippen molar-refractivity contribution in [3.63, 3.8) is 0 Å². The predicted octanol–water partition coefficient (Wildman–Crippen LogP) is 6.48. The van der Waals surface area contributed by atoms with Crippen molar-refractivity contribution in [1.29, 1.82) is 5.53 Å². The fourth-order valence-corrected chi connectivity index (χ4v) is 4.92. The molecule has 1 unspecified atom stereocenters. The van der Waals surface area contributed by atoms with Crippen molar-refractivity contribution in [2.75, 3.05) is 5.32 Å². The van der Waals surface area contributed by atoms with E-state index in [1.165, 1.54) is 23.5 Å². The van der Waals surface area contributed by atoms with Gasteiger partial charge in [-0.25, -0.2) is 14.6 Å². The summed E-state index contributed by atoms with van der Waals surface area (Å²) in [6.45, 7) is 3.82. The number of hydrogen-bond donors (Lipinski definition) is 2. The SMILES string of the molecule is CC(C)(C(=O)Nc1nncs1)C(c1ccccc1)c1ccc2c(cnn2-c2ccc(F)cc2N=N)c1. The summed E-state index contributed by atoms with van der Waals surface area (Å²) in [7, 11) is 0. The van der Waals surface area contributed by atoms with Gasteiger partial charge in [0.15, 0.2) is 0 Å². The molecule has 0 spiro atoms. The van der Waals surface area contributed by atoms with Crippen LogP contribution >= 0.6 is 11.3 Å². The second-order valence-electron chi connectivity index (χ2n) is 8.88. The molecular weight excluding hydrogens is 477 g/mol. The number of hydrogen-bond acceptors (Lipinski definition) is 7. The zero-order valence-electron chi connectivity index (χ0n) is 19.5. The quantitative estimate of drug-likeness (QED) is 0.250. The monoisotopic (exact) mass is 499 g/mol. The Hall–Kier alpha value is -4.31. The summed E-state index contributed by atoms with van der Waals surface area (Å²) < 4.78 is 15.3. The Morgan fingerprint density at radius 1 is 1.11 bits per heavy atom. The van der Waals surface area contributed by atoms with Crippen molar-refractivity contribution in [1.82, 2.24) is 20.0 Å². The van der Waals surface area contributed by atoms with E-state index in [9.17, 15) is 9.18 Å². The summed E-state index contributed by atoms with van der Waals surface area (Å²) in [5.41, 5.74) is 11.6. The molecule has 0 saturated heterocycles. The van der Waals surface area contributed by atoms with Crippen LogP contribution in [0.15, 0.2) is 83.6 Å². The molecule has 2 heterocycles. The van der Waals surface area contributed by atoms with Crippen LogP contribution in [0.2, 0.25) is 0 Å². The first-order chi connectivity index (χ1) is 17.4. The van der Waals surface area contributed by atoms with Gasteiger partial charge in [-0.3, -0.25) is 4.79 Å². The molecule has 0 aliphatic rings. The molecule has 3 aromatic carbocycles. The minimum atomic E-state index is -0.842. The summed E-state index contributed by atoms with van der Waals surface area (Å²) in [6.07, 6.45) is 1.71. The van der Waals surface area contributed by atoms with E-state index in [0.29, 0.717) is 10.8 Å². The van der Waals surface area contributed by atoms with Crippen molar-refractivity contribution >= 4 is 39.0 Å². The van der Waals surface area contributed by atoms with Crippen LogP contribution in [-0.2, 0) is 4.79 Å². The van der Waals surface area contributed by atoms with E-state index >= 15 is 0 Å². The van der Waals surface area contributed by atoms with Crippen LogP contribution in [0.1, 0.15) is 30.9 Å². The molecule has 0 aliphatic heterocycles. The fourth-order valence-electron chi connectivity index (χ4n) is 4.48.